The molecule has 5 nitrogen and oxygen atoms in total. The van der Waals surface area contributed by atoms with Crippen LogP contribution in [0.15, 0.2) is 23.2 Å². The summed E-state index contributed by atoms with van der Waals surface area (Å²) < 4.78 is 0. The van der Waals surface area contributed by atoms with Gasteiger partial charge in [-0.15, -0.1) is 11.8 Å². The van der Waals surface area contributed by atoms with Gasteiger partial charge in [-0.25, -0.2) is 0 Å². The van der Waals surface area contributed by atoms with Gasteiger partial charge in [0.05, 0.1) is 6.42 Å². The molecule has 0 saturated heterocycles. The van der Waals surface area contributed by atoms with Crippen LogP contribution in [0.4, 0.5) is 0 Å². The van der Waals surface area contributed by atoms with Gasteiger partial charge in [0.25, 0.3) is 5.91 Å². The molecular weight excluding hydrogens is 252 g/mol. The van der Waals surface area contributed by atoms with Crippen molar-refractivity contribution < 1.29 is 14.7 Å². The van der Waals surface area contributed by atoms with Crippen LogP contribution in [-0.2, 0) is 4.79 Å². The number of pyridine rings is 1. The second kappa shape index (κ2) is 4.97. The number of hydrogen-bond acceptors (Lipinski definition) is 4. The van der Waals surface area contributed by atoms with E-state index in [-0.39, 0.29) is 17.5 Å². The first-order valence-electron chi connectivity index (χ1n) is 5.61. The molecule has 0 spiro atoms. The smallest absolute Gasteiger partial charge is 0.303 e. The summed E-state index contributed by atoms with van der Waals surface area (Å²) in [5.74, 6) is -0.550. The lowest BCUT2D eigenvalue weighted by Crippen LogP contribution is -2.13. The van der Waals surface area contributed by atoms with Gasteiger partial charge >= 0.3 is 5.97 Å². The van der Waals surface area contributed by atoms with E-state index < -0.39 is 11.9 Å². The summed E-state index contributed by atoms with van der Waals surface area (Å²) in [7, 11) is 0. The second-order valence-corrected chi connectivity index (χ2v) is 5.65. The average molecular weight is 266 g/mol. The third-order valence-corrected chi connectivity index (χ3v) is 4.36. The Morgan fingerprint density at radius 3 is 2.78 bits per heavy atom. The molecule has 0 unspecified atom stereocenters. The van der Waals surface area contributed by atoms with E-state index >= 15 is 0 Å². The molecule has 18 heavy (non-hydrogen) atoms. The van der Waals surface area contributed by atoms with Crippen molar-refractivity contribution in [2.45, 2.75) is 24.2 Å². The van der Waals surface area contributed by atoms with Crippen molar-refractivity contribution in [2.75, 3.05) is 5.75 Å². The number of aromatic nitrogens is 1. The van der Waals surface area contributed by atoms with E-state index in [0.717, 1.165) is 23.5 Å². The lowest BCUT2D eigenvalue weighted by Gasteiger charge is -2.11. The van der Waals surface area contributed by atoms with E-state index in [1.54, 1.807) is 30.1 Å². The maximum atomic E-state index is 11.0. The minimum absolute atomic E-state index is 0.0628. The Morgan fingerprint density at radius 1 is 1.50 bits per heavy atom. The minimum Gasteiger partial charge on any atom is -0.481 e. The summed E-state index contributed by atoms with van der Waals surface area (Å²) in [6.07, 6.45) is 3.67. The van der Waals surface area contributed by atoms with Crippen LogP contribution in [-0.4, -0.2) is 27.7 Å². The number of nitrogens with two attached hydrogens (primary N) is 1. The third-order valence-electron chi connectivity index (χ3n) is 3.01. The van der Waals surface area contributed by atoms with Crippen molar-refractivity contribution in [1.29, 1.82) is 0 Å². The summed E-state index contributed by atoms with van der Waals surface area (Å²) in [5, 5.41) is 8.82. The van der Waals surface area contributed by atoms with Gasteiger partial charge in [0, 0.05) is 16.8 Å². The number of primary amides is 1. The van der Waals surface area contributed by atoms with Crippen LogP contribution in [0.3, 0.4) is 0 Å². The molecule has 0 radical (unpaired) electrons. The van der Waals surface area contributed by atoms with E-state index in [4.69, 9.17) is 10.8 Å². The monoisotopic (exact) mass is 266 g/mol. The first-order chi connectivity index (χ1) is 8.51. The van der Waals surface area contributed by atoms with Gasteiger partial charge in [0.2, 0.25) is 0 Å². The molecular formula is C12H14N2O3S. The third kappa shape index (κ3) is 3.22. The van der Waals surface area contributed by atoms with Crippen LogP contribution in [0, 0.1) is 5.41 Å². The topological polar surface area (TPSA) is 93.3 Å². The van der Waals surface area contributed by atoms with Gasteiger partial charge in [-0.1, -0.05) is 0 Å². The molecule has 1 aromatic rings. The quantitative estimate of drug-likeness (QED) is 0.761. The molecule has 0 aromatic carbocycles. The SMILES string of the molecule is NC(=O)c1cc(SCC2(CC(=O)O)CC2)ccn1. The Balaban J connectivity index is 1.96. The predicted molar refractivity (Wildman–Crippen MR) is 67.4 cm³/mol. The first kappa shape index (κ1) is 12.9. The van der Waals surface area contributed by atoms with Gasteiger partial charge in [-0.2, -0.15) is 0 Å². The second-order valence-electron chi connectivity index (χ2n) is 4.60. The molecule has 1 fully saturated rings. The normalized spacial score (nSPS) is 16.2. The van der Waals surface area contributed by atoms with Crippen molar-refractivity contribution >= 4 is 23.6 Å². The Hall–Kier alpha value is -1.56. The molecule has 1 heterocycles. The van der Waals surface area contributed by atoms with Crippen LogP contribution in [0.1, 0.15) is 29.8 Å². The molecule has 1 saturated carbocycles. The van der Waals surface area contributed by atoms with E-state index in [0.29, 0.717) is 0 Å². The molecule has 1 aliphatic rings. The zero-order valence-corrected chi connectivity index (χ0v) is 10.6. The lowest BCUT2D eigenvalue weighted by molar-refractivity contribution is -0.138. The van der Waals surface area contributed by atoms with E-state index in [1.807, 2.05) is 0 Å². The van der Waals surface area contributed by atoms with Crippen molar-refractivity contribution in [3.8, 4) is 0 Å². The zero-order chi connectivity index (χ0) is 13.2. The number of carbonyl (C=O) groups excluding carboxylic acids is 1. The number of amides is 1. The predicted octanol–water partition coefficient (Wildman–Crippen LogP) is 1.53. The molecule has 3 N–H and O–H groups in total. The standard InChI is InChI=1S/C12H14N2O3S/c13-11(17)9-5-8(1-4-14-9)18-7-12(2-3-12)6-10(15)16/h1,4-5H,2-3,6-7H2,(H2,13,17)(H,15,16). The Morgan fingerprint density at radius 2 is 2.22 bits per heavy atom. The Labute approximate surface area is 109 Å². The van der Waals surface area contributed by atoms with Crippen molar-refractivity contribution in [2.24, 2.45) is 11.1 Å². The number of nitrogens with zero attached hydrogens (tertiary/aromatic N) is 1. The van der Waals surface area contributed by atoms with Gasteiger partial charge in [-0.05, 0) is 30.4 Å². The maximum absolute atomic E-state index is 11.0. The summed E-state index contributed by atoms with van der Waals surface area (Å²) in [5.41, 5.74) is 5.33. The number of carboxylic acid groups (broad SMARTS) is 1. The number of carboxylic acids is 1. The highest BCUT2D eigenvalue weighted by atomic mass is 32.2. The molecule has 2 rings (SSSR count). The number of aliphatic carboxylic acids is 1. The van der Waals surface area contributed by atoms with Gasteiger partial charge < -0.3 is 10.8 Å². The first-order valence-corrected chi connectivity index (χ1v) is 6.60. The highest BCUT2D eigenvalue weighted by molar-refractivity contribution is 7.99. The number of rotatable bonds is 6. The highest BCUT2D eigenvalue weighted by Crippen LogP contribution is 2.51. The zero-order valence-electron chi connectivity index (χ0n) is 9.76. The largest absolute Gasteiger partial charge is 0.481 e. The molecule has 1 amide bonds. The molecule has 0 atom stereocenters. The van der Waals surface area contributed by atoms with Crippen LogP contribution in [0.25, 0.3) is 0 Å². The minimum atomic E-state index is -0.749. The van der Waals surface area contributed by atoms with Crippen LogP contribution in [0.2, 0.25) is 0 Å². The molecule has 96 valence electrons. The van der Waals surface area contributed by atoms with Crippen LogP contribution >= 0.6 is 11.8 Å². The summed E-state index contributed by atoms with van der Waals surface area (Å²) in [6, 6.07) is 3.44. The summed E-state index contributed by atoms with van der Waals surface area (Å²) >= 11 is 1.55. The lowest BCUT2D eigenvalue weighted by atomic mass is 10.1. The average Bonchev–Trinajstić information content (AvgIpc) is 3.06. The number of thioether (sulfide) groups is 1. The van der Waals surface area contributed by atoms with Gasteiger partial charge in [-0.3, -0.25) is 14.6 Å². The fourth-order valence-corrected chi connectivity index (χ4v) is 2.96. The molecule has 1 aromatic heterocycles. The molecule has 0 bridgehead atoms. The van der Waals surface area contributed by atoms with Crippen molar-refractivity contribution in [3.05, 3.63) is 24.0 Å². The van der Waals surface area contributed by atoms with E-state index in [2.05, 4.69) is 4.98 Å². The number of hydrogen-bond donors (Lipinski definition) is 2. The van der Waals surface area contributed by atoms with Crippen molar-refractivity contribution in [1.82, 2.24) is 4.98 Å². The van der Waals surface area contributed by atoms with Gasteiger partial charge in [0.1, 0.15) is 5.69 Å². The van der Waals surface area contributed by atoms with E-state index in [1.165, 1.54) is 0 Å². The Kier molecular flexibility index (Phi) is 3.56. The fourth-order valence-electron chi connectivity index (χ4n) is 1.74. The molecule has 1 aliphatic carbocycles. The van der Waals surface area contributed by atoms with Crippen LogP contribution in [0.5, 0.6) is 0 Å². The molecule has 0 aliphatic heterocycles. The van der Waals surface area contributed by atoms with Gasteiger partial charge in [0.15, 0.2) is 0 Å². The van der Waals surface area contributed by atoms with Crippen molar-refractivity contribution in [3.63, 3.8) is 0 Å². The summed E-state index contributed by atoms with van der Waals surface area (Å²) in [4.78, 5) is 26.5. The fraction of sp³-hybridized carbons (Fsp3) is 0.417. The van der Waals surface area contributed by atoms with E-state index in [9.17, 15) is 9.59 Å². The number of carbonyl (C=O) groups is 2. The van der Waals surface area contributed by atoms with Crippen LogP contribution < -0.4 is 5.73 Å². The highest BCUT2D eigenvalue weighted by Gasteiger charge is 2.44. The maximum Gasteiger partial charge on any atom is 0.303 e. The molecule has 6 heteroatoms. The Bertz CT molecular complexity index is 486. The summed E-state index contributed by atoms with van der Waals surface area (Å²) in [6.45, 7) is 0.